The average molecular weight is 359 g/mol. The largest absolute Gasteiger partial charge is 0.469 e. The molecular weight excluding hydrogens is 324 g/mol. The summed E-state index contributed by atoms with van der Waals surface area (Å²) >= 11 is 0. The molecule has 4 aliphatic carbocycles. The minimum atomic E-state index is -0.0365. The lowest BCUT2D eigenvalue weighted by Gasteiger charge is -2.58. The maximum Gasteiger partial charge on any atom is 0.308 e. The second kappa shape index (κ2) is 6.21. The molecule has 0 spiro atoms. The SMILES string of the molecule is COC(=O)[C@@H](C)[C@H]1CC[C@H]2[C@@H]3CCC4=CC(=O)CC[C@]4(C)[C@H]3CC[C@]12C. The van der Waals surface area contributed by atoms with Crippen molar-refractivity contribution >= 4 is 11.8 Å². The van der Waals surface area contributed by atoms with Gasteiger partial charge < -0.3 is 4.74 Å². The lowest BCUT2D eigenvalue weighted by atomic mass is 9.46. The molecule has 4 aliphatic rings. The Balaban J connectivity index is 1.61. The van der Waals surface area contributed by atoms with Gasteiger partial charge in [0.1, 0.15) is 0 Å². The molecule has 0 aromatic heterocycles. The number of carbonyl (C=O) groups is 2. The molecule has 0 aromatic rings. The molecule has 26 heavy (non-hydrogen) atoms. The van der Waals surface area contributed by atoms with Gasteiger partial charge in [0.25, 0.3) is 0 Å². The molecule has 0 heterocycles. The first-order valence-corrected chi connectivity index (χ1v) is 10.6. The fraction of sp³-hybridized carbons (Fsp3) is 0.826. The maximum atomic E-state index is 12.2. The number of allylic oxidation sites excluding steroid dienone is 1. The fourth-order valence-electron chi connectivity index (χ4n) is 7.77. The number of hydrogen-bond acceptors (Lipinski definition) is 3. The summed E-state index contributed by atoms with van der Waals surface area (Å²) in [4.78, 5) is 24.2. The predicted octanol–water partition coefficient (Wildman–Crippen LogP) is 4.94. The first-order valence-electron chi connectivity index (χ1n) is 10.6. The summed E-state index contributed by atoms with van der Waals surface area (Å²) < 4.78 is 5.07. The van der Waals surface area contributed by atoms with Gasteiger partial charge in [-0.15, -0.1) is 0 Å². The molecule has 3 heteroatoms. The molecule has 3 nitrogen and oxygen atoms in total. The van der Waals surface area contributed by atoms with Crippen molar-refractivity contribution in [1.29, 1.82) is 0 Å². The Bertz CT molecular complexity index is 650. The lowest BCUT2D eigenvalue weighted by molar-refractivity contribution is -0.150. The Morgan fingerprint density at radius 3 is 2.62 bits per heavy atom. The Labute approximate surface area is 157 Å². The summed E-state index contributed by atoms with van der Waals surface area (Å²) in [5.41, 5.74) is 1.96. The molecule has 0 saturated heterocycles. The smallest absolute Gasteiger partial charge is 0.308 e. The molecule has 0 aromatic carbocycles. The number of ether oxygens (including phenoxy) is 1. The van der Waals surface area contributed by atoms with E-state index >= 15 is 0 Å². The molecule has 3 saturated carbocycles. The third kappa shape index (κ3) is 2.45. The van der Waals surface area contributed by atoms with Crippen LogP contribution in [0.1, 0.15) is 72.1 Å². The molecule has 0 unspecified atom stereocenters. The van der Waals surface area contributed by atoms with Crippen molar-refractivity contribution in [3.63, 3.8) is 0 Å². The van der Waals surface area contributed by atoms with Crippen molar-refractivity contribution in [3.8, 4) is 0 Å². The molecule has 3 fully saturated rings. The zero-order chi connectivity index (χ0) is 18.7. The molecule has 4 rings (SSSR count). The summed E-state index contributed by atoms with van der Waals surface area (Å²) in [7, 11) is 1.52. The highest BCUT2D eigenvalue weighted by Crippen LogP contribution is 2.67. The van der Waals surface area contributed by atoms with Gasteiger partial charge in [0.15, 0.2) is 5.78 Å². The van der Waals surface area contributed by atoms with Crippen LogP contribution in [0.3, 0.4) is 0 Å². The van der Waals surface area contributed by atoms with Gasteiger partial charge >= 0.3 is 5.97 Å². The Morgan fingerprint density at radius 2 is 1.88 bits per heavy atom. The second-order valence-corrected chi connectivity index (χ2v) is 10.0. The average Bonchev–Trinajstić information content (AvgIpc) is 2.98. The zero-order valence-corrected chi connectivity index (χ0v) is 16.8. The van der Waals surface area contributed by atoms with Gasteiger partial charge in [-0.1, -0.05) is 26.3 Å². The van der Waals surface area contributed by atoms with Gasteiger partial charge in [-0.3, -0.25) is 9.59 Å². The number of ketones is 1. The first-order chi connectivity index (χ1) is 12.3. The van der Waals surface area contributed by atoms with Gasteiger partial charge in [-0.25, -0.2) is 0 Å². The quantitative estimate of drug-likeness (QED) is 0.656. The van der Waals surface area contributed by atoms with Crippen molar-refractivity contribution < 1.29 is 14.3 Å². The van der Waals surface area contributed by atoms with Gasteiger partial charge in [-0.05, 0) is 85.5 Å². The zero-order valence-electron chi connectivity index (χ0n) is 16.8. The summed E-state index contributed by atoms with van der Waals surface area (Å²) in [5.74, 6) is 2.98. The number of fused-ring (bicyclic) bond motifs is 5. The first kappa shape index (κ1) is 18.3. The minimum absolute atomic E-state index is 0.00786. The van der Waals surface area contributed by atoms with E-state index in [1.165, 1.54) is 44.8 Å². The van der Waals surface area contributed by atoms with E-state index in [1.54, 1.807) is 0 Å². The van der Waals surface area contributed by atoms with Crippen LogP contribution in [0.15, 0.2) is 11.6 Å². The number of methoxy groups -OCH3 is 1. The molecular formula is C23H34O3. The molecule has 0 bridgehead atoms. The van der Waals surface area contributed by atoms with Crippen LogP contribution in [0.2, 0.25) is 0 Å². The summed E-state index contributed by atoms with van der Waals surface area (Å²) in [5, 5.41) is 0. The molecule has 144 valence electrons. The number of esters is 1. The van der Waals surface area contributed by atoms with Crippen LogP contribution in [0.5, 0.6) is 0 Å². The molecule has 0 aliphatic heterocycles. The summed E-state index contributed by atoms with van der Waals surface area (Å²) in [6.45, 7) is 6.98. The number of carbonyl (C=O) groups excluding carboxylic acids is 2. The van der Waals surface area contributed by atoms with Gasteiger partial charge in [-0.2, -0.15) is 0 Å². The van der Waals surface area contributed by atoms with Crippen LogP contribution in [0.25, 0.3) is 0 Å². The highest BCUT2D eigenvalue weighted by atomic mass is 16.5. The van der Waals surface area contributed by atoms with E-state index in [0.717, 1.165) is 37.0 Å². The van der Waals surface area contributed by atoms with Crippen molar-refractivity contribution in [3.05, 3.63) is 11.6 Å². The monoisotopic (exact) mass is 358 g/mol. The van der Waals surface area contributed by atoms with E-state index in [-0.39, 0.29) is 22.7 Å². The van der Waals surface area contributed by atoms with Crippen molar-refractivity contribution in [2.45, 2.75) is 72.1 Å². The molecule has 0 amide bonds. The molecule has 7 atom stereocenters. The minimum Gasteiger partial charge on any atom is -0.469 e. The van der Waals surface area contributed by atoms with E-state index in [0.29, 0.717) is 11.7 Å². The Morgan fingerprint density at radius 1 is 1.12 bits per heavy atom. The molecule has 0 N–H and O–H groups in total. The van der Waals surface area contributed by atoms with Crippen LogP contribution in [-0.2, 0) is 14.3 Å². The van der Waals surface area contributed by atoms with Crippen LogP contribution in [-0.4, -0.2) is 18.9 Å². The van der Waals surface area contributed by atoms with Gasteiger partial charge in [0, 0.05) is 6.42 Å². The van der Waals surface area contributed by atoms with E-state index in [9.17, 15) is 9.59 Å². The van der Waals surface area contributed by atoms with Crippen molar-refractivity contribution in [1.82, 2.24) is 0 Å². The fourth-order valence-corrected chi connectivity index (χ4v) is 7.77. The van der Waals surface area contributed by atoms with Gasteiger partial charge in [0.05, 0.1) is 13.0 Å². The lowest BCUT2D eigenvalue weighted by Crippen LogP contribution is -2.51. The van der Waals surface area contributed by atoms with Gasteiger partial charge in [0.2, 0.25) is 0 Å². The topological polar surface area (TPSA) is 43.4 Å². The Hall–Kier alpha value is -1.12. The molecule has 0 radical (unpaired) electrons. The maximum absolute atomic E-state index is 12.2. The van der Waals surface area contributed by atoms with E-state index < -0.39 is 0 Å². The van der Waals surface area contributed by atoms with Crippen LogP contribution < -0.4 is 0 Å². The predicted molar refractivity (Wildman–Crippen MR) is 101 cm³/mol. The van der Waals surface area contributed by atoms with Crippen LogP contribution in [0, 0.1) is 40.4 Å². The van der Waals surface area contributed by atoms with E-state index in [2.05, 4.69) is 20.8 Å². The van der Waals surface area contributed by atoms with Crippen LogP contribution in [0.4, 0.5) is 0 Å². The second-order valence-electron chi connectivity index (χ2n) is 10.0. The third-order valence-corrected chi connectivity index (χ3v) is 9.21. The van der Waals surface area contributed by atoms with Crippen molar-refractivity contribution in [2.24, 2.45) is 40.4 Å². The summed E-state index contributed by atoms with van der Waals surface area (Å²) in [6.07, 6.45) is 11.0. The summed E-state index contributed by atoms with van der Waals surface area (Å²) in [6, 6.07) is 0. The van der Waals surface area contributed by atoms with Crippen LogP contribution >= 0.6 is 0 Å². The highest BCUT2D eigenvalue weighted by Gasteiger charge is 2.60. The third-order valence-electron chi connectivity index (χ3n) is 9.21. The Kier molecular flexibility index (Phi) is 4.36. The number of rotatable bonds is 2. The normalized spacial score (nSPS) is 45.8. The number of hydrogen-bond donors (Lipinski definition) is 0. The highest BCUT2D eigenvalue weighted by molar-refractivity contribution is 5.91. The van der Waals surface area contributed by atoms with E-state index in [4.69, 9.17) is 4.74 Å². The van der Waals surface area contributed by atoms with E-state index in [1.807, 2.05) is 6.08 Å². The standard InChI is InChI=1S/C23H34O3/c1-14(21(25)26-4)18-7-8-19-17-6-5-15-13-16(24)9-11-22(15,2)20(17)10-12-23(18,19)3/h13-14,17-20H,5-12H2,1-4H3/t14-,17-,18+,19-,20-,22-,23+/m0/s1. The van der Waals surface area contributed by atoms with Crippen molar-refractivity contribution in [2.75, 3.05) is 7.11 Å².